The van der Waals surface area contributed by atoms with Gasteiger partial charge in [-0.2, -0.15) is 0 Å². The topological polar surface area (TPSA) is 56.8 Å². The van der Waals surface area contributed by atoms with E-state index in [4.69, 9.17) is 14.2 Å². The van der Waals surface area contributed by atoms with Crippen LogP contribution >= 0.6 is 0 Å². The van der Waals surface area contributed by atoms with Gasteiger partial charge in [0.2, 0.25) is 0 Å². The molecule has 2 aromatic rings. The third kappa shape index (κ3) is 7.75. The Balaban J connectivity index is 1.55. The molecule has 4 rings (SSSR count). The summed E-state index contributed by atoms with van der Waals surface area (Å²) in [5, 5.41) is 3.55. The maximum atomic E-state index is 13.0. The Morgan fingerprint density at radius 3 is 2.45 bits per heavy atom. The number of fused-ring (bicyclic) bond motifs is 1. The van der Waals surface area contributed by atoms with E-state index in [2.05, 4.69) is 63.3 Å². The van der Waals surface area contributed by atoms with Crippen LogP contribution in [0.1, 0.15) is 102 Å². The second kappa shape index (κ2) is 12.1. The molecule has 1 fully saturated rings. The number of esters is 1. The highest BCUT2D eigenvalue weighted by molar-refractivity contribution is 5.70. The Kier molecular flexibility index (Phi) is 9.07. The predicted octanol–water partition coefficient (Wildman–Crippen LogP) is 8.15. The highest BCUT2D eigenvalue weighted by Gasteiger charge is 2.47. The van der Waals surface area contributed by atoms with E-state index >= 15 is 0 Å². The zero-order valence-electron chi connectivity index (χ0n) is 24.3. The highest BCUT2D eigenvalue weighted by Crippen LogP contribution is 2.45. The lowest BCUT2D eigenvalue weighted by Crippen LogP contribution is -2.52. The summed E-state index contributed by atoms with van der Waals surface area (Å²) in [6.07, 6.45) is 7.03. The van der Waals surface area contributed by atoms with E-state index in [1.54, 1.807) is 0 Å². The van der Waals surface area contributed by atoms with Gasteiger partial charge in [0.15, 0.2) is 6.10 Å². The smallest absolute Gasteiger partial charge is 0.306 e. The van der Waals surface area contributed by atoms with Crippen LogP contribution in [-0.2, 0) is 20.8 Å². The van der Waals surface area contributed by atoms with Crippen molar-refractivity contribution in [2.24, 2.45) is 11.3 Å². The molecule has 1 aliphatic heterocycles. The Hall–Kier alpha value is -2.53. The Labute approximate surface area is 229 Å². The number of nitrogens with one attached hydrogen (secondary N) is 1. The van der Waals surface area contributed by atoms with Crippen molar-refractivity contribution in [3.63, 3.8) is 0 Å². The van der Waals surface area contributed by atoms with Crippen molar-refractivity contribution in [3.8, 4) is 5.75 Å². The van der Waals surface area contributed by atoms with Gasteiger partial charge in [0.25, 0.3) is 0 Å². The number of hydrogen-bond acceptors (Lipinski definition) is 5. The fourth-order valence-corrected chi connectivity index (χ4v) is 5.59. The lowest BCUT2D eigenvalue weighted by molar-refractivity contribution is -0.186. The van der Waals surface area contributed by atoms with Crippen molar-refractivity contribution in [1.29, 1.82) is 0 Å². The molecule has 1 aliphatic carbocycles. The molecule has 0 amide bonds. The Bertz CT molecular complexity index is 1060. The minimum Gasteiger partial charge on any atom is -0.483 e. The molecule has 5 heteroatoms. The molecule has 38 heavy (non-hydrogen) atoms. The van der Waals surface area contributed by atoms with Gasteiger partial charge in [0.1, 0.15) is 17.5 Å². The minimum absolute atomic E-state index is 0.154. The van der Waals surface area contributed by atoms with Crippen molar-refractivity contribution in [1.82, 2.24) is 0 Å². The van der Waals surface area contributed by atoms with Crippen LogP contribution in [-0.4, -0.2) is 24.3 Å². The summed E-state index contributed by atoms with van der Waals surface area (Å²) in [7, 11) is 0. The number of ether oxygens (including phenoxy) is 3. The van der Waals surface area contributed by atoms with Crippen LogP contribution in [0.2, 0.25) is 0 Å². The number of carbonyl (C=O) groups excluding carboxylic acids is 1. The molecule has 0 spiro atoms. The summed E-state index contributed by atoms with van der Waals surface area (Å²) in [4.78, 5) is 13.0. The van der Waals surface area contributed by atoms with E-state index in [1.807, 2.05) is 26.0 Å². The molecule has 5 nitrogen and oxygen atoms in total. The fraction of sp³-hybridized carbons (Fsp3) is 0.606. The zero-order chi connectivity index (χ0) is 27.3. The average molecular weight is 522 g/mol. The van der Waals surface area contributed by atoms with Gasteiger partial charge in [-0.15, -0.1) is 0 Å². The summed E-state index contributed by atoms with van der Waals surface area (Å²) in [6, 6.07) is 14.7. The van der Waals surface area contributed by atoms with Crippen molar-refractivity contribution in [2.45, 2.75) is 111 Å². The minimum atomic E-state index is -0.715. The molecule has 1 N–H and O–H groups in total. The van der Waals surface area contributed by atoms with Gasteiger partial charge in [-0.1, -0.05) is 82.7 Å². The lowest BCUT2D eigenvalue weighted by Gasteiger charge is -2.44. The summed E-state index contributed by atoms with van der Waals surface area (Å²) in [5.74, 6) is 1.30. The molecule has 2 aromatic carbocycles. The van der Waals surface area contributed by atoms with Gasteiger partial charge in [-0.3, -0.25) is 4.79 Å². The molecule has 1 heterocycles. The van der Waals surface area contributed by atoms with Gasteiger partial charge in [0.05, 0.1) is 6.42 Å². The van der Waals surface area contributed by atoms with E-state index in [9.17, 15) is 4.79 Å². The summed E-state index contributed by atoms with van der Waals surface area (Å²) in [6.45, 7) is 13.6. The van der Waals surface area contributed by atoms with Crippen LogP contribution in [0.3, 0.4) is 0 Å². The standard InChI is InChI=1S/C33H47NO4/c1-23-12-14-25(15-13-23)22-34-26-16-17-28-27(20-26)30(36-19-18-24-10-8-7-9-11-24)31(33(5,6)38-28)37-29(35)21-32(2,3)4/h12-17,20,24,30-31,34H,7-11,18-19,21-22H2,1-6H3. The molecule has 0 bridgehead atoms. The lowest BCUT2D eigenvalue weighted by atomic mass is 9.86. The molecule has 2 unspecified atom stereocenters. The Morgan fingerprint density at radius 1 is 1.05 bits per heavy atom. The normalized spacial score (nSPS) is 21.3. The number of anilines is 1. The maximum absolute atomic E-state index is 13.0. The van der Waals surface area contributed by atoms with Crippen LogP contribution in [0.5, 0.6) is 5.75 Å². The quantitative estimate of drug-likeness (QED) is 0.337. The zero-order valence-corrected chi connectivity index (χ0v) is 24.3. The second-order valence-corrected chi connectivity index (χ2v) is 13.0. The first-order valence-corrected chi connectivity index (χ1v) is 14.4. The molecule has 2 aliphatic rings. The van der Waals surface area contributed by atoms with E-state index in [0.29, 0.717) is 13.0 Å². The average Bonchev–Trinajstić information content (AvgIpc) is 2.85. The monoisotopic (exact) mass is 521 g/mol. The number of carbonyl (C=O) groups is 1. The van der Waals surface area contributed by atoms with Crippen molar-refractivity contribution in [3.05, 3.63) is 59.2 Å². The van der Waals surface area contributed by atoms with Gasteiger partial charge in [-0.25, -0.2) is 0 Å². The van der Waals surface area contributed by atoms with Crippen LogP contribution < -0.4 is 10.1 Å². The first-order chi connectivity index (χ1) is 18.0. The van der Waals surface area contributed by atoms with Gasteiger partial charge in [-0.05, 0) is 62.3 Å². The number of benzene rings is 2. The van der Waals surface area contributed by atoms with Crippen molar-refractivity contribution in [2.75, 3.05) is 11.9 Å². The molecular formula is C33H47NO4. The maximum Gasteiger partial charge on any atom is 0.306 e. The molecule has 208 valence electrons. The molecule has 0 radical (unpaired) electrons. The van der Waals surface area contributed by atoms with Crippen LogP contribution in [0.15, 0.2) is 42.5 Å². The number of rotatable bonds is 9. The summed E-state index contributed by atoms with van der Waals surface area (Å²) < 4.78 is 19.2. The van der Waals surface area contributed by atoms with Gasteiger partial charge in [0, 0.05) is 24.4 Å². The third-order valence-electron chi connectivity index (χ3n) is 7.75. The molecule has 1 saturated carbocycles. The SMILES string of the molecule is Cc1ccc(CNc2ccc3c(c2)C(OCCC2CCCCC2)C(OC(=O)CC(C)(C)C)C(C)(C)O3)cc1. The molecule has 2 atom stereocenters. The second-order valence-electron chi connectivity index (χ2n) is 13.0. The summed E-state index contributed by atoms with van der Waals surface area (Å²) in [5.41, 5.74) is 3.54. The molecule has 0 saturated heterocycles. The predicted molar refractivity (Wildman–Crippen MR) is 153 cm³/mol. The van der Waals surface area contributed by atoms with E-state index < -0.39 is 11.7 Å². The number of hydrogen-bond donors (Lipinski definition) is 1. The third-order valence-corrected chi connectivity index (χ3v) is 7.75. The van der Waals surface area contributed by atoms with Gasteiger partial charge >= 0.3 is 5.97 Å². The fourth-order valence-electron chi connectivity index (χ4n) is 5.59. The van der Waals surface area contributed by atoms with Crippen molar-refractivity contribution < 1.29 is 19.0 Å². The van der Waals surface area contributed by atoms with E-state index in [1.165, 1.54) is 43.2 Å². The van der Waals surface area contributed by atoms with Crippen LogP contribution in [0, 0.1) is 18.3 Å². The first kappa shape index (κ1) is 28.5. The van der Waals surface area contributed by atoms with Gasteiger partial charge < -0.3 is 19.5 Å². The largest absolute Gasteiger partial charge is 0.483 e. The first-order valence-electron chi connectivity index (χ1n) is 14.4. The van der Waals surface area contributed by atoms with Crippen LogP contribution in [0.25, 0.3) is 0 Å². The van der Waals surface area contributed by atoms with Crippen LogP contribution in [0.4, 0.5) is 5.69 Å². The Morgan fingerprint density at radius 2 is 1.76 bits per heavy atom. The van der Waals surface area contributed by atoms with Crippen molar-refractivity contribution >= 4 is 11.7 Å². The van der Waals surface area contributed by atoms with E-state index in [-0.39, 0.29) is 17.5 Å². The number of aryl methyl sites for hydroxylation is 1. The molecule has 0 aromatic heterocycles. The highest BCUT2D eigenvalue weighted by atomic mass is 16.6. The van der Waals surface area contributed by atoms with E-state index in [0.717, 1.165) is 35.9 Å². The summed E-state index contributed by atoms with van der Waals surface area (Å²) >= 11 is 0. The molecular weight excluding hydrogens is 474 g/mol.